The Hall–Kier alpha value is -2.16. The minimum absolute atomic E-state index is 0.00611. The fourth-order valence-electron chi connectivity index (χ4n) is 1.38. The van der Waals surface area contributed by atoms with Crippen molar-refractivity contribution in [2.24, 2.45) is 0 Å². The lowest BCUT2D eigenvalue weighted by Crippen LogP contribution is -2.41. The van der Waals surface area contributed by atoms with Crippen molar-refractivity contribution < 1.29 is 24.0 Å². The first-order valence-electron chi connectivity index (χ1n) is 5.38. The number of halogens is 1. The minimum atomic E-state index is -1.27. The van der Waals surface area contributed by atoms with Crippen LogP contribution in [0.15, 0.2) is 23.1 Å². The molecule has 1 amide bonds. The van der Waals surface area contributed by atoms with Gasteiger partial charge in [0, 0.05) is 12.7 Å². The van der Waals surface area contributed by atoms with E-state index in [1.807, 2.05) is 0 Å². The molecule has 0 radical (unpaired) electrons. The van der Waals surface area contributed by atoms with Crippen molar-refractivity contribution in [3.8, 4) is 0 Å². The third-order valence-electron chi connectivity index (χ3n) is 2.21. The number of amides is 1. The van der Waals surface area contributed by atoms with Gasteiger partial charge in [-0.1, -0.05) is 6.07 Å². The van der Waals surface area contributed by atoms with Crippen LogP contribution in [0, 0.1) is 15.9 Å². The summed E-state index contributed by atoms with van der Waals surface area (Å²) in [5.74, 6) is -2.95. The number of nitrogens with one attached hydrogen (secondary N) is 1. The maximum atomic E-state index is 13.4. The van der Waals surface area contributed by atoms with Gasteiger partial charge in [-0.25, -0.2) is 4.79 Å². The second-order valence-electron chi connectivity index (χ2n) is 3.75. The summed E-state index contributed by atoms with van der Waals surface area (Å²) in [6.45, 7) is 1.16. The Morgan fingerprint density at radius 3 is 2.70 bits per heavy atom. The molecule has 0 saturated carbocycles. The van der Waals surface area contributed by atoms with Gasteiger partial charge in [0.05, 0.1) is 9.82 Å². The third-order valence-corrected chi connectivity index (χ3v) is 3.35. The van der Waals surface area contributed by atoms with E-state index in [-0.39, 0.29) is 10.6 Å². The highest BCUT2D eigenvalue weighted by molar-refractivity contribution is 7.99. The van der Waals surface area contributed by atoms with E-state index in [0.717, 1.165) is 24.8 Å². The van der Waals surface area contributed by atoms with Crippen molar-refractivity contribution >= 4 is 29.3 Å². The van der Waals surface area contributed by atoms with Crippen molar-refractivity contribution in [2.45, 2.75) is 17.9 Å². The predicted octanol–water partition coefficient (Wildman–Crippen LogP) is 1.42. The van der Waals surface area contributed by atoms with Gasteiger partial charge in [0.25, 0.3) is 0 Å². The minimum Gasteiger partial charge on any atom is -0.480 e. The molecule has 108 valence electrons. The Labute approximate surface area is 117 Å². The zero-order valence-corrected chi connectivity index (χ0v) is 11.1. The number of hydrogen-bond acceptors (Lipinski definition) is 5. The van der Waals surface area contributed by atoms with Gasteiger partial charge in [0.15, 0.2) is 0 Å². The zero-order chi connectivity index (χ0) is 15.3. The Morgan fingerprint density at radius 2 is 2.20 bits per heavy atom. The molecule has 1 aromatic carbocycles. The molecule has 9 heteroatoms. The molecule has 2 N–H and O–H groups in total. The first kappa shape index (κ1) is 15.9. The summed E-state index contributed by atoms with van der Waals surface area (Å²) in [6.07, 6.45) is 0. The number of nitro benzene ring substituents is 1. The van der Waals surface area contributed by atoms with Gasteiger partial charge in [-0.3, -0.25) is 14.9 Å². The summed E-state index contributed by atoms with van der Waals surface area (Å²) in [4.78, 5) is 31.7. The van der Waals surface area contributed by atoms with Crippen molar-refractivity contribution in [2.75, 3.05) is 5.75 Å². The summed E-state index contributed by atoms with van der Waals surface area (Å²) >= 11 is 0.791. The molecule has 20 heavy (non-hydrogen) atoms. The topological polar surface area (TPSA) is 110 Å². The third kappa shape index (κ3) is 4.19. The van der Waals surface area contributed by atoms with Crippen molar-refractivity contribution in [1.29, 1.82) is 0 Å². The molecule has 0 heterocycles. The number of benzene rings is 1. The summed E-state index contributed by atoms with van der Waals surface area (Å²) in [6, 6.07) is 2.35. The number of carbonyl (C=O) groups is 2. The number of nitrogens with zero attached hydrogens (tertiary/aromatic N) is 1. The highest BCUT2D eigenvalue weighted by Gasteiger charge is 2.24. The van der Waals surface area contributed by atoms with Crippen LogP contribution in [0.3, 0.4) is 0 Å². The molecule has 0 aliphatic heterocycles. The molecule has 0 saturated heterocycles. The Kier molecular flexibility index (Phi) is 5.44. The molecule has 0 spiro atoms. The van der Waals surface area contributed by atoms with Crippen molar-refractivity contribution in [3.05, 3.63) is 34.1 Å². The fourth-order valence-corrected chi connectivity index (χ4v) is 2.44. The van der Waals surface area contributed by atoms with Gasteiger partial charge in [0.1, 0.15) is 6.04 Å². The lowest BCUT2D eigenvalue weighted by atomic mass is 10.3. The molecule has 1 rings (SSSR count). The van der Waals surface area contributed by atoms with E-state index in [9.17, 15) is 24.1 Å². The first-order valence-corrected chi connectivity index (χ1v) is 6.37. The average Bonchev–Trinajstić information content (AvgIpc) is 2.33. The predicted molar refractivity (Wildman–Crippen MR) is 69.0 cm³/mol. The number of hydrogen-bond donors (Lipinski definition) is 2. The monoisotopic (exact) mass is 302 g/mol. The van der Waals surface area contributed by atoms with Crippen LogP contribution in [0.25, 0.3) is 0 Å². The van der Waals surface area contributed by atoms with Crippen LogP contribution in [0.2, 0.25) is 0 Å². The largest absolute Gasteiger partial charge is 0.480 e. The van der Waals surface area contributed by atoms with Gasteiger partial charge >= 0.3 is 11.7 Å². The summed E-state index contributed by atoms with van der Waals surface area (Å²) in [7, 11) is 0. The normalized spacial score (nSPS) is 11.7. The number of carboxylic acids is 1. The van der Waals surface area contributed by atoms with E-state index in [1.165, 1.54) is 12.1 Å². The lowest BCUT2D eigenvalue weighted by molar-refractivity contribution is -0.390. The smallest absolute Gasteiger partial charge is 0.327 e. The number of rotatable bonds is 6. The van der Waals surface area contributed by atoms with Crippen LogP contribution in [0.1, 0.15) is 6.92 Å². The summed E-state index contributed by atoms with van der Waals surface area (Å²) in [5, 5.41) is 21.9. The van der Waals surface area contributed by atoms with Crippen LogP contribution in [-0.2, 0) is 9.59 Å². The second-order valence-corrected chi connectivity index (χ2v) is 4.81. The van der Waals surface area contributed by atoms with E-state index in [1.54, 1.807) is 0 Å². The van der Waals surface area contributed by atoms with E-state index in [0.29, 0.717) is 0 Å². The standard InChI is InChI=1S/C11H11FN2O5S/c1-6(15)13-8(11(16)17)5-20-9-4-2-3-7(12)10(9)14(18)19/h2-4,8H,5H2,1H3,(H,13,15)(H,16,17). The molecule has 1 atom stereocenters. The van der Waals surface area contributed by atoms with Crippen molar-refractivity contribution in [3.63, 3.8) is 0 Å². The molecule has 1 aromatic rings. The van der Waals surface area contributed by atoms with Gasteiger partial charge in [-0.2, -0.15) is 4.39 Å². The van der Waals surface area contributed by atoms with E-state index < -0.39 is 34.3 Å². The van der Waals surface area contributed by atoms with Gasteiger partial charge in [0.2, 0.25) is 11.7 Å². The number of thioether (sulfide) groups is 1. The number of aliphatic carboxylic acids is 1. The zero-order valence-electron chi connectivity index (χ0n) is 10.3. The highest BCUT2D eigenvalue weighted by atomic mass is 32.2. The molecule has 0 aromatic heterocycles. The molecule has 0 aliphatic rings. The Bertz CT molecular complexity index is 552. The van der Waals surface area contributed by atoms with Crippen LogP contribution in [-0.4, -0.2) is 33.7 Å². The second kappa shape index (κ2) is 6.85. The Morgan fingerprint density at radius 1 is 1.55 bits per heavy atom. The Balaban J connectivity index is 2.88. The molecule has 7 nitrogen and oxygen atoms in total. The molecule has 1 unspecified atom stereocenters. The number of carbonyl (C=O) groups excluding carboxylic acids is 1. The van der Waals surface area contributed by atoms with Crippen LogP contribution < -0.4 is 5.32 Å². The summed E-state index contributed by atoms with van der Waals surface area (Å²) < 4.78 is 13.4. The van der Waals surface area contributed by atoms with Crippen LogP contribution in [0.4, 0.5) is 10.1 Å². The fraction of sp³-hybridized carbons (Fsp3) is 0.273. The first-order chi connectivity index (χ1) is 9.32. The number of para-hydroxylation sites is 1. The van der Waals surface area contributed by atoms with E-state index >= 15 is 0 Å². The highest BCUT2D eigenvalue weighted by Crippen LogP contribution is 2.31. The maximum absolute atomic E-state index is 13.4. The molecular weight excluding hydrogens is 291 g/mol. The van der Waals surface area contributed by atoms with Gasteiger partial charge < -0.3 is 10.4 Å². The lowest BCUT2D eigenvalue weighted by Gasteiger charge is -2.12. The molecule has 0 bridgehead atoms. The molecule has 0 aliphatic carbocycles. The molecular formula is C11H11FN2O5S. The quantitative estimate of drug-likeness (QED) is 0.467. The van der Waals surface area contributed by atoms with Crippen molar-refractivity contribution in [1.82, 2.24) is 5.32 Å². The van der Waals surface area contributed by atoms with E-state index in [2.05, 4.69) is 5.32 Å². The SMILES string of the molecule is CC(=O)NC(CSc1cccc(F)c1[N+](=O)[O-])C(=O)O. The van der Waals surface area contributed by atoms with Gasteiger partial charge in [-0.15, -0.1) is 11.8 Å². The average molecular weight is 302 g/mol. The van der Waals surface area contributed by atoms with E-state index in [4.69, 9.17) is 5.11 Å². The molecule has 0 fully saturated rings. The summed E-state index contributed by atoms with van der Waals surface area (Å²) in [5.41, 5.74) is -0.704. The van der Waals surface area contributed by atoms with Crippen LogP contribution in [0.5, 0.6) is 0 Å². The maximum Gasteiger partial charge on any atom is 0.327 e. The number of carboxylic acid groups (broad SMARTS) is 1. The number of nitro groups is 1. The van der Waals surface area contributed by atoms with Crippen LogP contribution >= 0.6 is 11.8 Å². The van der Waals surface area contributed by atoms with Gasteiger partial charge in [-0.05, 0) is 12.1 Å².